The van der Waals surface area contributed by atoms with Crippen molar-refractivity contribution >= 4 is 17.2 Å². The maximum absolute atomic E-state index is 12.5. The van der Waals surface area contributed by atoms with Crippen molar-refractivity contribution in [3.8, 4) is 0 Å². The van der Waals surface area contributed by atoms with Crippen LogP contribution in [-0.4, -0.2) is 60.1 Å². The number of thiophene rings is 1. The van der Waals surface area contributed by atoms with Crippen molar-refractivity contribution in [3.63, 3.8) is 0 Å². The number of aliphatic hydroxyl groups excluding tert-OH is 1. The molecular weight excluding hydrogens is 260 g/mol. The van der Waals surface area contributed by atoms with Crippen LogP contribution < -0.4 is 0 Å². The van der Waals surface area contributed by atoms with Gasteiger partial charge in [0, 0.05) is 24.0 Å². The van der Waals surface area contributed by atoms with E-state index in [4.69, 9.17) is 0 Å². The monoisotopic (exact) mass is 282 g/mol. The van der Waals surface area contributed by atoms with Crippen LogP contribution in [0.15, 0.2) is 12.1 Å². The first-order valence-electron chi connectivity index (χ1n) is 6.73. The third-order valence-corrected chi connectivity index (χ3v) is 4.67. The van der Waals surface area contributed by atoms with E-state index < -0.39 is 0 Å². The zero-order valence-corrected chi connectivity index (χ0v) is 12.6. The van der Waals surface area contributed by atoms with Crippen molar-refractivity contribution in [2.75, 3.05) is 27.2 Å². The van der Waals surface area contributed by atoms with Gasteiger partial charge in [-0.2, -0.15) is 0 Å². The predicted octanol–water partition coefficient (Wildman–Crippen LogP) is 1.45. The molecule has 0 aliphatic carbocycles. The first kappa shape index (κ1) is 14.5. The summed E-state index contributed by atoms with van der Waals surface area (Å²) in [6, 6.07) is 4.04. The Kier molecular flexibility index (Phi) is 4.60. The molecule has 1 fully saturated rings. The Labute approximate surface area is 118 Å². The largest absolute Gasteiger partial charge is 0.391 e. The van der Waals surface area contributed by atoms with E-state index in [0.29, 0.717) is 13.0 Å². The molecule has 0 radical (unpaired) electrons. The van der Waals surface area contributed by atoms with Gasteiger partial charge in [-0.1, -0.05) is 6.92 Å². The highest BCUT2D eigenvalue weighted by molar-refractivity contribution is 7.14. The van der Waals surface area contributed by atoms with Gasteiger partial charge in [0.25, 0.3) is 5.91 Å². The van der Waals surface area contributed by atoms with E-state index in [1.807, 2.05) is 31.1 Å². The van der Waals surface area contributed by atoms with Crippen molar-refractivity contribution in [1.82, 2.24) is 9.80 Å². The molecule has 4 nitrogen and oxygen atoms in total. The molecule has 1 aromatic rings. The zero-order chi connectivity index (χ0) is 14.0. The number of amides is 1. The van der Waals surface area contributed by atoms with Crippen LogP contribution in [0.1, 0.15) is 27.9 Å². The van der Waals surface area contributed by atoms with Gasteiger partial charge in [0.15, 0.2) is 0 Å². The second kappa shape index (κ2) is 6.03. The third kappa shape index (κ3) is 3.35. The number of carbonyl (C=O) groups excluding carboxylic acids is 1. The van der Waals surface area contributed by atoms with Crippen molar-refractivity contribution in [3.05, 3.63) is 21.9 Å². The number of likely N-dealkylation sites (N-methyl/N-ethyl adjacent to an activating group) is 1. The highest BCUT2D eigenvalue weighted by Gasteiger charge is 2.35. The van der Waals surface area contributed by atoms with Crippen LogP contribution in [0.3, 0.4) is 0 Å². The first-order chi connectivity index (χ1) is 9.01. The Morgan fingerprint density at radius 1 is 1.53 bits per heavy atom. The van der Waals surface area contributed by atoms with Crippen LogP contribution in [0.5, 0.6) is 0 Å². The SMILES string of the molecule is CCc1ccc(C(=O)N2CC(O)CC2CN(C)C)s1. The van der Waals surface area contributed by atoms with E-state index in [-0.39, 0.29) is 18.1 Å². The average molecular weight is 282 g/mol. The van der Waals surface area contributed by atoms with E-state index in [1.165, 1.54) is 4.88 Å². The molecule has 2 rings (SSSR count). The van der Waals surface area contributed by atoms with E-state index in [1.54, 1.807) is 11.3 Å². The van der Waals surface area contributed by atoms with Crippen LogP contribution >= 0.6 is 11.3 Å². The van der Waals surface area contributed by atoms with Gasteiger partial charge in [-0.3, -0.25) is 4.79 Å². The number of likely N-dealkylation sites (tertiary alicyclic amines) is 1. The molecule has 5 heteroatoms. The van der Waals surface area contributed by atoms with Gasteiger partial charge in [0.1, 0.15) is 0 Å². The van der Waals surface area contributed by atoms with Crippen molar-refractivity contribution in [1.29, 1.82) is 0 Å². The molecule has 2 atom stereocenters. The standard InChI is InChI=1S/C14H22N2O2S/c1-4-12-5-6-13(19-12)14(18)16-9-11(17)7-10(16)8-15(2)3/h5-6,10-11,17H,4,7-9H2,1-3H3. The molecule has 2 heterocycles. The van der Waals surface area contributed by atoms with Crippen molar-refractivity contribution in [2.24, 2.45) is 0 Å². The smallest absolute Gasteiger partial charge is 0.264 e. The van der Waals surface area contributed by atoms with Gasteiger partial charge < -0.3 is 14.9 Å². The second-order valence-corrected chi connectivity index (χ2v) is 6.55. The molecule has 0 saturated carbocycles. The number of rotatable bonds is 4. The second-order valence-electron chi connectivity index (χ2n) is 5.38. The molecule has 106 valence electrons. The average Bonchev–Trinajstić information content (AvgIpc) is 2.94. The Morgan fingerprint density at radius 3 is 2.84 bits per heavy atom. The fourth-order valence-corrected chi connectivity index (χ4v) is 3.46. The molecule has 0 aromatic carbocycles. The topological polar surface area (TPSA) is 43.8 Å². The summed E-state index contributed by atoms with van der Waals surface area (Å²) in [6.45, 7) is 3.35. The molecule has 0 bridgehead atoms. The number of aryl methyl sites for hydroxylation is 1. The van der Waals surface area contributed by atoms with E-state index in [9.17, 15) is 9.90 Å². The Bertz CT molecular complexity index is 444. The summed E-state index contributed by atoms with van der Waals surface area (Å²) in [4.78, 5) is 18.4. The third-order valence-electron chi connectivity index (χ3n) is 3.45. The lowest BCUT2D eigenvalue weighted by Gasteiger charge is -2.26. The van der Waals surface area contributed by atoms with Crippen molar-refractivity contribution < 1.29 is 9.90 Å². The molecule has 2 unspecified atom stereocenters. The number of hydrogen-bond donors (Lipinski definition) is 1. The molecule has 1 N–H and O–H groups in total. The summed E-state index contributed by atoms with van der Waals surface area (Å²) >= 11 is 1.56. The highest BCUT2D eigenvalue weighted by Crippen LogP contribution is 2.25. The minimum atomic E-state index is -0.389. The quantitative estimate of drug-likeness (QED) is 0.909. The summed E-state index contributed by atoms with van der Waals surface area (Å²) in [5.41, 5.74) is 0. The molecule has 0 spiro atoms. The normalized spacial score (nSPS) is 23.3. The van der Waals surface area contributed by atoms with Gasteiger partial charge in [0.05, 0.1) is 11.0 Å². The summed E-state index contributed by atoms with van der Waals surface area (Å²) in [5.74, 6) is 0.0631. The maximum atomic E-state index is 12.5. The lowest BCUT2D eigenvalue weighted by Crippen LogP contribution is -2.41. The molecular formula is C14H22N2O2S. The number of hydrogen-bond acceptors (Lipinski definition) is 4. The number of β-amino-alcohol motifs (C(OH)–C–C–N with tert-alkyl or cyclic N) is 1. The number of aliphatic hydroxyl groups is 1. The van der Waals surface area contributed by atoms with Crippen LogP contribution in [0, 0.1) is 0 Å². The van der Waals surface area contributed by atoms with Gasteiger partial charge in [-0.15, -0.1) is 11.3 Å². The van der Waals surface area contributed by atoms with Gasteiger partial charge in [-0.25, -0.2) is 0 Å². The van der Waals surface area contributed by atoms with Crippen molar-refractivity contribution in [2.45, 2.75) is 31.9 Å². The summed E-state index contributed by atoms with van der Waals surface area (Å²) in [6.07, 6.45) is 1.25. The fraction of sp³-hybridized carbons (Fsp3) is 0.643. The number of carbonyl (C=O) groups is 1. The van der Waals surface area contributed by atoms with E-state index in [0.717, 1.165) is 17.8 Å². The minimum Gasteiger partial charge on any atom is -0.391 e. The summed E-state index contributed by atoms with van der Waals surface area (Å²) < 4.78 is 0. The van der Waals surface area contributed by atoms with Gasteiger partial charge in [-0.05, 0) is 39.1 Å². The Balaban J connectivity index is 2.11. The Morgan fingerprint density at radius 2 is 2.26 bits per heavy atom. The van der Waals surface area contributed by atoms with Gasteiger partial charge in [0.2, 0.25) is 0 Å². The lowest BCUT2D eigenvalue weighted by atomic mass is 10.2. The maximum Gasteiger partial charge on any atom is 0.264 e. The minimum absolute atomic E-state index is 0.0631. The molecule has 19 heavy (non-hydrogen) atoms. The molecule has 1 aliphatic rings. The van der Waals surface area contributed by atoms with Gasteiger partial charge >= 0.3 is 0 Å². The van der Waals surface area contributed by atoms with E-state index >= 15 is 0 Å². The predicted molar refractivity (Wildman–Crippen MR) is 77.7 cm³/mol. The summed E-state index contributed by atoms with van der Waals surface area (Å²) in [5, 5.41) is 9.82. The highest BCUT2D eigenvalue weighted by atomic mass is 32.1. The number of nitrogens with zero attached hydrogens (tertiary/aromatic N) is 2. The zero-order valence-electron chi connectivity index (χ0n) is 11.8. The first-order valence-corrected chi connectivity index (χ1v) is 7.55. The van der Waals surface area contributed by atoms with Crippen LogP contribution in [0.4, 0.5) is 0 Å². The van der Waals surface area contributed by atoms with Crippen LogP contribution in [-0.2, 0) is 6.42 Å². The Hall–Kier alpha value is -0.910. The molecule has 1 saturated heterocycles. The molecule has 1 amide bonds. The molecule has 1 aliphatic heterocycles. The van der Waals surface area contributed by atoms with E-state index in [2.05, 4.69) is 11.8 Å². The summed E-state index contributed by atoms with van der Waals surface area (Å²) in [7, 11) is 3.99. The fourth-order valence-electron chi connectivity index (χ4n) is 2.56. The van der Waals surface area contributed by atoms with Crippen LogP contribution in [0.2, 0.25) is 0 Å². The molecule has 1 aromatic heterocycles. The lowest BCUT2D eigenvalue weighted by molar-refractivity contribution is 0.0704. The van der Waals surface area contributed by atoms with Crippen LogP contribution in [0.25, 0.3) is 0 Å².